The third kappa shape index (κ3) is 0.867. The molecule has 0 fully saturated rings. The van der Waals surface area contributed by atoms with E-state index in [1.165, 1.54) is 0 Å². The third-order valence-corrected chi connectivity index (χ3v) is 1.76. The van der Waals surface area contributed by atoms with E-state index >= 15 is 0 Å². The first-order valence-electron chi connectivity index (χ1n) is 3.10. The lowest BCUT2D eigenvalue weighted by Crippen LogP contribution is -1.81. The van der Waals surface area contributed by atoms with Gasteiger partial charge in [-0.2, -0.15) is 15.4 Å². The summed E-state index contributed by atoms with van der Waals surface area (Å²) in [5, 5.41) is 10.7. The number of hydrogen-bond acceptors (Lipinski definition) is 3. The standard InChI is InChI=1S/C6H5ClN4/c1-3-2-8-6(7)5-4(3)9-11-10-5/h2H,1H3,(H,9,10,11). The lowest BCUT2D eigenvalue weighted by Gasteiger charge is -1.91. The fraction of sp³-hybridized carbons (Fsp3) is 0.167. The molecule has 0 aliphatic carbocycles. The number of hydrogen-bond donors (Lipinski definition) is 1. The molecular weight excluding hydrogens is 164 g/mol. The molecule has 2 aromatic heterocycles. The van der Waals surface area contributed by atoms with E-state index in [2.05, 4.69) is 20.4 Å². The fourth-order valence-electron chi connectivity index (χ4n) is 0.925. The number of fused-ring (bicyclic) bond motifs is 1. The van der Waals surface area contributed by atoms with Crippen molar-refractivity contribution in [3.05, 3.63) is 16.9 Å². The molecule has 0 radical (unpaired) electrons. The van der Waals surface area contributed by atoms with Crippen molar-refractivity contribution >= 4 is 22.6 Å². The van der Waals surface area contributed by atoms with Crippen LogP contribution >= 0.6 is 11.6 Å². The van der Waals surface area contributed by atoms with Crippen molar-refractivity contribution in [3.8, 4) is 0 Å². The fourth-order valence-corrected chi connectivity index (χ4v) is 1.11. The second-order valence-electron chi connectivity index (χ2n) is 2.25. The van der Waals surface area contributed by atoms with Crippen molar-refractivity contribution in [2.45, 2.75) is 6.92 Å². The van der Waals surface area contributed by atoms with Crippen LogP contribution in [0.15, 0.2) is 6.20 Å². The number of halogens is 1. The van der Waals surface area contributed by atoms with Crippen LogP contribution in [0.4, 0.5) is 0 Å². The molecule has 0 spiro atoms. The Bertz CT molecular complexity index is 358. The van der Waals surface area contributed by atoms with Gasteiger partial charge in [0, 0.05) is 6.20 Å². The molecule has 0 aliphatic rings. The summed E-state index contributed by atoms with van der Waals surface area (Å²) < 4.78 is 0. The number of aromatic amines is 1. The number of H-pyrrole nitrogens is 1. The minimum absolute atomic E-state index is 0.388. The lowest BCUT2D eigenvalue weighted by molar-refractivity contribution is 0.958. The second-order valence-corrected chi connectivity index (χ2v) is 2.61. The smallest absolute Gasteiger partial charge is 0.158 e. The Morgan fingerprint density at radius 1 is 1.36 bits per heavy atom. The summed E-state index contributed by atoms with van der Waals surface area (Å²) in [6, 6.07) is 0. The molecule has 2 rings (SSSR count). The largest absolute Gasteiger partial charge is 0.242 e. The van der Waals surface area contributed by atoms with Crippen LogP contribution in [0.25, 0.3) is 11.0 Å². The summed E-state index contributed by atoms with van der Waals surface area (Å²) in [5.74, 6) is 0. The SMILES string of the molecule is Cc1cnc(Cl)c2n[nH]nc12. The number of aryl methyl sites for hydroxylation is 1. The lowest BCUT2D eigenvalue weighted by atomic mass is 10.3. The molecule has 0 bridgehead atoms. The van der Waals surface area contributed by atoms with Crippen molar-refractivity contribution in [3.63, 3.8) is 0 Å². The van der Waals surface area contributed by atoms with Gasteiger partial charge in [-0.25, -0.2) is 4.98 Å². The van der Waals surface area contributed by atoms with Crippen molar-refractivity contribution in [2.75, 3.05) is 0 Å². The van der Waals surface area contributed by atoms with Gasteiger partial charge < -0.3 is 0 Å². The Balaban J connectivity index is 2.96. The first-order valence-corrected chi connectivity index (χ1v) is 3.48. The highest BCUT2D eigenvalue weighted by Crippen LogP contribution is 2.18. The van der Waals surface area contributed by atoms with E-state index < -0.39 is 0 Å². The van der Waals surface area contributed by atoms with Gasteiger partial charge in [0.05, 0.1) is 0 Å². The Morgan fingerprint density at radius 3 is 2.82 bits per heavy atom. The van der Waals surface area contributed by atoms with Crippen LogP contribution in [0.5, 0.6) is 0 Å². The average Bonchev–Trinajstić information content (AvgIpc) is 2.45. The topological polar surface area (TPSA) is 54.5 Å². The zero-order chi connectivity index (χ0) is 7.84. The summed E-state index contributed by atoms with van der Waals surface area (Å²) in [6.45, 7) is 1.91. The maximum Gasteiger partial charge on any atom is 0.158 e. The highest BCUT2D eigenvalue weighted by molar-refractivity contribution is 6.33. The zero-order valence-electron chi connectivity index (χ0n) is 5.80. The van der Waals surface area contributed by atoms with Gasteiger partial charge in [-0.15, -0.1) is 0 Å². The highest BCUT2D eigenvalue weighted by atomic mass is 35.5. The van der Waals surface area contributed by atoms with Crippen LogP contribution in [-0.4, -0.2) is 20.4 Å². The molecule has 0 atom stereocenters. The van der Waals surface area contributed by atoms with Crippen LogP contribution in [0, 0.1) is 6.92 Å². The van der Waals surface area contributed by atoms with Crippen LogP contribution in [0.3, 0.4) is 0 Å². The number of aromatic nitrogens is 4. The molecular formula is C6H5ClN4. The molecule has 0 aromatic carbocycles. The predicted molar refractivity (Wildman–Crippen MR) is 41.4 cm³/mol. The molecule has 0 amide bonds. The molecule has 2 aromatic rings. The van der Waals surface area contributed by atoms with Gasteiger partial charge in [-0.1, -0.05) is 11.6 Å². The monoisotopic (exact) mass is 168 g/mol. The van der Waals surface area contributed by atoms with E-state index in [1.54, 1.807) is 6.20 Å². The van der Waals surface area contributed by atoms with Gasteiger partial charge in [0.25, 0.3) is 0 Å². The van der Waals surface area contributed by atoms with Gasteiger partial charge in [-0.3, -0.25) is 0 Å². The molecule has 2 heterocycles. The van der Waals surface area contributed by atoms with E-state index in [4.69, 9.17) is 11.6 Å². The van der Waals surface area contributed by atoms with Crippen molar-refractivity contribution < 1.29 is 0 Å². The third-order valence-electron chi connectivity index (χ3n) is 1.49. The first kappa shape index (κ1) is 6.54. The van der Waals surface area contributed by atoms with Gasteiger partial charge in [0.15, 0.2) is 10.7 Å². The van der Waals surface area contributed by atoms with E-state index in [1.807, 2.05) is 6.92 Å². The summed E-state index contributed by atoms with van der Waals surface area (Å²) in [6.07, 6.45) is 1.67. The average molecular weight is 169 g/mol. The van der Waals surface area contributed by atoms with Gasteiger partial charge >= 0.3 is 0 Å². The zero-order valence-corrected chi connectivity index (χ0v) is 6.55. The molecule has 0 saturated heterocycles. The van der Waals surface area contributed by atoms with E-state index in [0.29, 0.717) is 10.7 Å². The van der Waals surface area contributed by atoms with Gasteiger partial charge in [0.2, 0.25) is 0 Å². The molecule has 11 heavy (non-hydrogen) atoms. The Morgan fingerprint density at radius 2 is 2.09 bits per heavy atom. The van der Waals surface area contributed by atoms with Crippen molar-refractivity contribution in [2.24, 2.45) is 0 Å². The van der Waals surface area contributed by atoms with Crippen LogP contribution < -0.4 is 0 Å². The Kier molecular flexibility index (Phi) is 1.29. The van der Waals surface area contributed by atoms with Crippen LogP contribution in [0.2, 0.25) is 5.15 Å². The van der Waals surface area contributed by atoms with Gasteiger partial charge in [-0.05, 0) is 12.5 Å². The van der Waals surface area contributed by atoms with Crippen LogP contribution in [-0.2, 0) is 0 Å². The molecule has 5 heteroatoms. The highest BCUT2D eigenvalue weighted by Gasteiger charge is 2.05. The summed E-state index contributed by atoms with van der Waals surface area (Å²) >= 11 is 5.74. The number of nitrogens with one attached hydrogen (secondary N) is 1. The number of pyridine rings is 1. The molecule has 0 aliphatic heterocycles. The number of rotatable bonds is 0. The van der Waals surface area contributed by atoms with E-state index in [9.17, 15) is 0 Å². The Hall–Kier alpha value is -1.16. The van der Waals surface area contributed by atoms with Crippen molar-refractivity contribution in [1.82, 2.24) is 20.4 Å². The summed E-state index contributed by atoms with van der Waals surface area (Å²) in [5.41, 5.74) is 2.38. The molecule has 0 unspecified atom stereocenters. The minimum atomic E-state index is 0.388. The minimum Gasteiger partial charge on any atom is -0.242 e. The molecule has 0 saturated carbocycles. The van der Waals surface area contributed by atoms with Gasteiger partial charge in [0.1, 0.15) is 5.52 Å². The van der Waals surface area contributed by atoms with Crippen molar-refractivity contribution in [1.29, 1.82) is 0 Å². The molecule has 1 N–H and O–H groups in total. The predicted octanol–water partition coefficient (Wildman–Crippen LogP) is 1.31. The summed E-state index contributed by atoms with van der Waals surface area (Å²) in [4.78, 5) is 3.92. The first-order chi connectivity index (χ1) is 5.29. The summed E-state index contributed by atoms with van der Waals surface area (Å²) in [7, 11) is 0. The maximum atomic E-state index is 5.74. The maximum absolute atomic E-state index is 5.74. The second kappa shape index (κ2) is 2.17. The quantitative estimate of drug-likeness (QED) is 0.604. The number of nitrogens with zero attached hydrogens (tertiary/aromatic N) is 3. The normalized spacial score (nSPS) is 10.7. The van der Waals surface area contributed by atoms with Crippen LogP contribution in [0.1, 0.15) is 5.56 Å². The Labute approximate surface area is 67.6 Å². The van der Waals surface area contributed by atoms with E-state index in [0.717, 1.165) is 11.1 Å². The van der Waals surface area contributed by atoms with E-state index in [-0.39, 0.29) is 0 Å². The molecule has 56 valence electrons. The molecule has 4 nitrogen and oxygen atoms in total.